The Hall–Kier alpha value is -1.76. The van der Waals surface area contributed by atoms with E-state index in [-0.39, 0.29) is 12.5 Å². The van der Waals surface area contributed by atoms with E-state index in [2.05, 4.69) is 5.32 Å². The highest BCUT2D eigenvalue weighted by Gasteiger charge is 2.22. The molecule has 0 aliphatic rings. The lowest BCUT2D eigenvalue weighted by Gasteiger charge is -2.15. The van der Waals surface area contributed by atoms with E-state index in [9.17, 15) is 18.0 Å². The zero-order valence-corrected chi connectivity index (χ0v) is 11.0. The molecule has 0 bridgehead atoms. The minimum absolute atomic E-state index is 0.117. The van der Waals surface area contributed by atoms with Gasteiger partial charge in [-0.3, -0.25) is 4.79 Å². The molecule has 1 unspecified atom stereocenters. The van der Waals surface area contributed by atoms with Gasteiger partial charge in [-0.2, -0.15) is 4.39 Å². The van der Waals surface area contributed by atoms with E-state index in [0.717, 1.165) is 6.42 Å². The summed E-state index contributed by atoms with van der Waals surface area (Å²) in [5.74, 6) is -6.97. The molecule has 1 aromatic carbocycles. The van der Waals surface area contributed by atoms with Gasteiger partial charge in [0, 0.05) is 6.54 Å². The van der Waals surface area contributed by atoms with E-state index in [1.54, 1.807) is 0 Å². The fraction of sp³-hybridized carbons (Fsp3) is 0.462. The summed E-state index contributed by atoms with van der Waals surface area (Å²) in [7, 11) is 0. The predicted molar refractivity (Wildman–Crippen MR) is 67.8 cm³/mol. The van der Waals surface area contributed by atoms with E-state index in [1.165, 1.54) is 0 Å². The van der Waals surface area contributed by atoms with Crippen molar-refractivity contribution in [3.05, 3.63) is 29.1 Å². The second kappa shape index (κ2) is 7.14. The Balaban J connectivity index is 2.83. The van der Waals surface area contributed by atoms with Crippen molar-refractivity contribution in [3.63, 3.8) is 0 Å². The SMILES string of the molecule is CCC(CCN)CNC(=O)c1cc(F)c(F)c(O)c1F. The normalized spacial score (nSPS) is 12.2. The third-order valence-electron chi connectivity index (χ3n) is 3.08. The molecule has 1 rings (SSSR count). The molecule has 0 fully saturated rings. The summed E-state index contributed by atoms with van der Waals surface area (Å²) in [6.45, 7) is 2.61. The van der Waals surface area contributed by atoms with Gasteiger partial charge in [-0.1, -0.05) is 13.3 Å². The number of rotatable bonds is 6. The van der Waals surface area contributed by atoms with Crippen molar-refractivity contribution in [3.8, 4) is 5.75 Å². The molecule has 0 aromatic heterocycles. The minimum atomic E-state index is -1.71. The third kappa shape index (κ3) is 3.63. The van der Waals surface area contributed by atoms with Crippen molar-refractivity contribution in [2.75, 3.05) is 13.1 Å². The average molecular weight is 290 g/mol. The first kappa shape index (κ1) is 16.3. The summed E-state index contributed by atoms with van der Waals surface area (Å²) in [4.78, 5) is 11.7. The van der Waals surface area contributed by atoms with Gasteiger partial charge in [-0.05, 0) is 24.9 Å². The molecule has 1 amide bonds. The van der Waals surface area contributed by atoms with Crippen LogP contribution in [0.4, 0.5) is 13.2 Å². The maximum Gasteiger partial charge on any atom is 0.254 e. The Bertz CT molecular complexity index is 495. The van der Waals surface area contributed by atoms with E-state index >= 15 is 0 Å². The first-order valence-electron chi connectivity index (χ1n) is 6.27. The van der Waals surface area contributed by atoms with E-state index in [4.69, 9.17) is 10.8 Å². The van der Waals surface area contributed by atoms with Gasteiger partial charge in [0.2, 0.25) is 5.82 Å². The number of nitrogens with one attached hydrogen (secondary N) is 1. The topological polar surface area (TPSA) is 75.3 Å². The maximum atomic E-state index is 13.5. The standard InChI is InChI=1S/C13H17F3N2O2/c1-2-7(3-4-17)6-18-13(20)8-5-9(14)11(16)12(19)10(8)15/h5,7,19H,2-4,6,17H2,1H3,(H,18,20). The number of carbonyl (C=O) groups is 1. The second-order valence-electron chi connectivity index (χ2n) is 4.44. The van der Waals surface area contributed by atoms with Crippen LogP contribution >= 0.6 is 0 Å². The van der Waals surface area contributed by atoms with Crippen LogP contribution in [0.1, 0.15) is 30.1 Å². The summed E-state index contributed by atoms with van der Waals surface area (Å²) in [5.41, 5.74) is 4.67. The molecule has 112 valence electrons. The van der Waals surface area contributed by atoms with E-state index in [0.29, 0.717) is 19.0 Å². The van der Waals surface area contributed by atoms with E-state index < -0.39 is 34.7 Å². The number of amides is 1. The van der Waals surface area contributed by atoms with Crippen molar-refractivity contribution < 1.29 is 23.1 Å². The summed E-state index contributed by atoms with van der Waals surface area (Å²) in [6.07, 6.45) is 1.45. The molecule has 0 spiro atoms. The molecule has 0 saturated heterocycles. The van der Waals surface area contributed by atoms with Gasteiger partial charge < -0.3 is 16.2 Å². The van der Waals surface area contributed by atoms with Crippen molar-refractivity contribution in [1.29, 1.82) is 0 Å². The lowest BCUT2D eigenvalue weighted by Crippen LogP contribution is -2.30. The summed E-state index contributed by atoms with van der Waals surface area (Å²) >= 11 is 0. The zero-order chi connectivity index (χ0) is 15.3. The number of phenolic OH excluding ortho intramolecular Hbond substituents is 1. The number of benzene rings is 1. The van der Waals surface area contributed by atoms with Gasteiger partial charge in [0.15, 0.2) is 17.4 Å². The monoisotopic (exact) mass is 290 g/mol. The van der Waals surface area contributed by atoms with Gasteiger partial charge in [0.05, 0.1) is 5.56 Å². The van der Waals surface area contributed by atoms with Crippen LogP contribution in [0.3, 0.4) is 0 Å². The summed E-state index contributed by atoms with van der Waals surface area (Å²) in [5, 5.41) is 11.5. The highest BCUT2D eigenvalue weighted by Crippen LogP contribution is 2.25. The average Bonchev–Trinajstić information content (AvgIpc) is 2.44. The largest absolute Gasteiger partial charge is 0.503 e. The van der Waals surface area contributed by atoms with Crippen molar-refractivity contribution in [2.45, 2.75) is 19.8 Å². The Kier molecular flexibility index (Phi) is 5.82. The Morgan fingerprint density at radius 1 is 1.40 bits per heavy atom. The number of aromatic hydroxyl groups is 1. The fourth-order valence-electron chi connectivity index (χ4n) is 1.77. The van der Waals surface area contributed by atoms with Crippen LogP contribution in [0, 0.1) is 23.4 Å². The quantitative estimate of drug-likeness (QED) is 0.701. The molecule has 0 aliphatic carbocycles. The van der Waals surface area contributed by atoms with Crippen LogP contribution in [0.25, 0.3) is 0 Å². The van der Waals surface area contributed by atoms with Crippen LogP contribution in [-0.4, -0.2) is 24.1 Å². The Morgan fingerprint density at radius 3 is 2.60 bits per heavy atom. The molecule has 4 nitrogen and oxygen atoms in total. The number of carbonyl (C=O) groups excluding carboxylic acids is 1. The first-order chi connectivity index (χ1) is 9.42. The first-order valence-corrected chi connectivity index (χ1v) is 6.27. The third-order valence-corrected chi connectivity index (χ3v) is 3.08. The molecule has 20 heavy (non-hydrogen) atoms. The number of halogens is 3. The summed E-state index contributed by atoms with van der Waals surface area (Å²) in [6, 6.07) is 0.420. The Labute approximate surface area is 114 Å². The van der Waals surface area contributed by atoms with Gasteiger partial charge in [-0.15, -0.1) is 0 Å². The number of hydrogen-bond acceptors (Lipinski definition) is 3. The molecule has 4 N–H and O–H groups in total. The van der Waals surface area contributed by atoms with Crippen LogP contribution in [0.15, 0.2) is 6.07 Å². The molecule has 0 heterocycles. The molecule has 0 saturated carbocycles. The fourth-order valence-corrected chi connectivity index (χ4v) is 1.77. The molecular formula is C13H17F3N2O2. The van der Waals surface area contributed by atoms with Gasteiger partial charge in [0.1, 0.15) is 0 Å². The van der Waals surface area contributed by atoms with Crippen LogP contribution in [-0.2, 0) is 0 Å². The van der Waals surface area contributed by atoms with Gasteiger partial charge in [-0.25, -0.2) is 8.78 Å². The molecular weight excluding hydrogens is 273 g/mol. The molecule has 7 heteroatoms. The van der Waals surface area contributed by atoms with E-state index in [1.807, 2.05) is 6.92 Å². The van der Waals surface area contributed by atoms with Crippen LogP contribution in [0.2, 0.25) is 0 Å². The number of hydrogen-bond donors (Lipinski definition) is 3. The lowest BCUT2D eigenvalue weighted by atomic mass is 10.0. The van der Waals surface area contributed by atoms with Gasteiger partial charge in [0.25, 0.3) is 5.91 Å². The van der Waals surface area contributed by atoms with Crippen LogP contribution in [0.5, 0.6) is 5.75 Å². The molecule has 0 radical (unpaired) electrons. The zero-order valence-electron chi connectivity index (χ0n) is 11.0. The highest BCUT2D eigenvalue weighted by atomic mass is 19.2. The minimum Gasteiger partial charge on any atom is -0.503 e. The van der Waals surface area contributed by atoms with Crippen molar-refractivity contribution in [2.24, 2.45) is 11.7 Å². The van der Waals surface area contributed by atoms with Crippen molar-refractivity contribution in [1.82, 2.24) is 5.32 Å². The molecule has 0 aliphatic heterocycles. The molecule has 1 atom stereocenters. The van der Waals surface area contributed by atoms with Crippen LogP contribution < -0.4 is 11.1 Å². The number of nitrogens with two attached hydrogens (primary N) is 1. The lowest BCUT2D eigenvalue weighted by molar-refractivity contribution is 0.0940. The summed E-state index contributed by atoms with van der Waals surface area (Å²) < 4.78 is 39.5. The van der Waals surface area contributed by atoms with Gasteiger partial charge >= 0.3 is 0 Å². The predicted octanol–water partition coefficient (Wildman–Crippen LogP) is 1.91. The Morgan fingerprint density at radius 2 is 2.05 bits per heavy atom. The smallest absolute Gasteiger partial charge is 0.254 e. The molecule has 1 aromatic rings. The second-order valence-corrected chi connectivity index (χ2v) is 4.44. The number of phenols is 1. The van der Waals surface area contributed by atoms with Crippen molar-refractivity contribution >= 4 is 5.91 Å². The highest BCUT2D eigenvalue weighted by molar-refractivity contribution is 5.94. The maximum absolute atomic E-state index is 13.5.